The molecule has 0 aliphatic heterocycles. The largest absolute Gasteiger partial charge is 0.0596 e. The molecule has 94 valence electrons. The van der Waals surface area contributed by atoms with E-state index in [2.05, 4.69) is 41.5 Å². The van der Waals surface area contributed by atoms with Gasteiger partial charge in [0.25, 0.3) is 0 Å². The van der Waals surface area contributed by atoms with Gasteiger partial charge in [-0.3, -0.25) is 0 Å². The van der Waals surface area contributed by atoms with E-state index in [-0.39, 0.29) is 0 Å². The maximum atomic E-state index is 2.48. The third kappa shape index (κ3) is 1.48. The van der Waals surface area contributed by atoms with Crippen molar-refractivity contribution in [3.63, 3.8) is 0 Å². The van der Waals surface area contributed by atoms with E-state index in [1.807, 2.05) is 0 Å². The molecule has 0 aromatic rings. The summed E-state index contributed by atoms with van der Waals surface area (Å²) in [5.41, 5.74) is 1.51. The summed E-state index contributed by atoms with van der Waals surface area (Å²) in [6.07, 6.45) is 7.48. The summed E-state index contributed by atoms with van der Waals surface area (Å²) in [4.78, 5) is 0. The summed E-state index contributed by atoms with van der Waals surface area (Å²) >= 11 is 0. The van der Waals surface area contributed by atoms with E-state index in [9.17, 15) is 0 Å². The molecular formula is C16H30. The van der Waals surface area contributed by atoms with Gasteiger partial charge >= 0.3 is 0 Å². The first-order chi connectivity index (χ1) is 7.20. The molecule has 2 saturated carbocycles. The van der Waals surface area contributed by atoms with Crippen molar-refractivity contribution in [1.29, 1.82) is 0 Å². The van der Waals surface area contributed by atoms with Gasteiger partial charge in [0, 0.05) is 0 Å². The Morgan fingerprint density at radius 3 is 1.75 bits per heavy atom. The Hall–Kier alpha value is 0. The summed E-state index contributed by atoms with van der Waals surface area (Å²) in [6, 6.07) is 0. The van der Waals surface area contributed by atoms with E-state index in [0.717, 1.165) is 11.8 Å². The first kappa shape index (κ1) is 12.5. The van der Waals surface area contributed by atoms with E-state index in [0.29, 0.717) is 16.2 Å². The molecule has 0 nitrogen and oxygen atoms in total. The topological polar surface area (TPSA) is 0 Å². The van der Waals surface area contributed by atoms with Crippen LogP contribution >= 0.6 is 0 Å². The predicted molar refractivity (Wildman–Crippen MR) is 71.4 cm³/mol. The lowest BCUT2D eigenvalue weighted by molar-refractivity contribution is -0.207. The number of hydrogen-bond acceptors (Lipinski definition) is 0. The van der Waals surface area contributed by atoms with Crippen LogP contribution in [0.5, 0.6) is 0 Å². The fraction of sp³-hybridized carbons (Fsp3) is 1.00. The van der Waals surface area contributed by atoms with Crippen LogP contribution in [0.25, 0.3) is 0 Å². The third-order valence-corrected chi connectivity index (χ3v) is 5.80. The molecule has 2 aliphatic carbocycles. The summed E-state index contributed by atoms with van der Waals surface area (Å²) in [7, 11) is 0. The van der Waals surface area contributed by atoms with Gasteiger partial charge in [0.2, 0.25) is 0 Å². The van der Waals surface area contributed by atoms with Crippen molar-refractivity contribution in [2.24, 2.45) is 28.1 Å². The summed E-state index contributed by atoms with van der Waals surface area (Å²) in [6.45, 7) is 14.9. The van der Waals surface area contributed by atoms with Crippen LogP contribution in [-0.2, 0) is 0 Å². The molecular weight excluding hydrogens is 192 g/mol. The molecule has 0 aromatic heterocycles. The van der Waals surface area contributed by atoms with Crippen molar-refractivity contribution in [3.8, 4) is 0 Å². The average Bonchev–Trinajstić information content (AvgIpc) is 2.02. The van der Waals surface area contributed by atoms with Gasteiger partial charge in [-0.05, 0) is 40.9 Å². The van der Waals surface area contributed by atoms with Gasteiger partial charge in [-0.1, -0.05) is 60.8 Å². The lowest BCUT2D eigenvalue weighted by Gasteiger charge is -2.69. The lowest BCUT2D eigenvalue weighted by atomic mass is 9.35. The van der Waals surface area contributed by atoms with Crippen LogP contribution in [0.15, 0.2) is 0 Å². The van der Waals surface area contributed by atoms with Crippen molar-refractivity contribution >= 4 is 0 Å². The monoisotopic (exact) mass is 222 g/mol. The highest BCUT2D eigenvalue weighted by atomic mass is 14.7. The second kappa shape index (κ2) is 3.50. The Balaban J connectivity index is 2.32. The Morgan fingerprint density at radius 1 is 0.812 bits per heavy atom. The normalized spacial score (nSPS) is 34.1. The average molecular weight is 222 g/mol. The molecule has 0 amide bonds. The standard InChI is InChI=1S/C16H30/c1-14(2,3)16(15(4,5)6)11-12-9-7-8-10-13(12)16/h12-13H,7-11H2,1-6H3. The van der Waals surface area contributed by atoms with Crippen LogP contribution in [0, 0.1) is 28.1 Å². The molecule has 2 unspecified atom stereocenters. The second-order valence-corrected chi connectivity index (χ2v) is 8.33. The number of fused-ring (bicyclic) bond motifs is 1. The van der Waals surface area contributed by atoms with Crippen LogP contribution in [0.1, 0.15) is 73.6 Å². The van der Waals surface area contributed by atoms with Crippen molar-refractivity contribution in [2.45, 2.75) is 73.6 Å². The third-order valence-electron chi connectivity index (χ3n) is 5.80. The molecule has 2 fully saturated rings. The van der Waals surface area contributed by atoms with Crippen molar-refractivity contribution < 1.29 is 0 Å². The minimum Gasteiger partial charge on any atom is -0.0596 e. The van der Waals surface area contributed by atoms with E-state index in [4.69, 9.17) is 0 Å². The van der Waals surface area contributed by atoms with E-state index < -0.39 is 0 Å². The van der Waals surface area contributed by atoms with Crippen LogP contribution in [0.2, 0.25) is 0 Å². The Bertz CT molecular complexity index is 247. The molecule has 0 N–H and O–H groups in total. The number of hydrogen-bond donors (Lipinski definition) is 0. The van der Waals surface area contributed by atoms with Gasteiger partial charge in [0.05, 0.1) is 0 Å². The zero-order valence-electron chi connectivity index (χ0n) is 12.2. The Kier molecular flexibility index (Phi) is 2.72. The molecule has 0 bridgehead atoms. The zero-order chi connectivity index (χ0) is 12.2. The van der Waals surface area contributed by atoms with Crippen LogP contribution in [-0.4, -0.2) is 0 Å². The van der Waals surface area contributed by atoms with Crippen LogP contribution < -0.4 is 0 Å². The minimum atomic E-state index is 0.462. The fourth-order valence-electron chi connectivity index (χ4n) is 5.35. The highest BCUT2D eigenvalue weighted by Crippen LogP contribution is 2.71. The van der Waals surface area contributed by atoms with Gasteiger partial charge in [-0.15, -0.1) is 0 Å². The minimum absolute atomic E-state index is 0.462. The highest BCUT2D eigenvalue weighted by molar-refractivity contribution is 5.12. The lowest BCUT2D eigenvalue weighted by Crippen LogP contribution is -2.62. The van der Waals surface area contributed by atoms with Gasteiger partial charge in [-0.25, -0.2) is 0 Å². The molecule has 16 heavy (non-hydrogen) atoms. The van der Waals surface area contributed by atoms with Crippen molar-refractivity contribution in [2.75, 3.05) is 0 Å². The van der Waals surface area contributed by atoms with Gasteiger partial charge < -0.3 is 0 Å². The first-order valence-corrected chi connectivity index (χ1v) is 7.20. The van der Waals surface area contributed by atoms with E-state index in [1.54, 1.807) is 0 Å². The van der Waals surface area contributed by atoms with Crippen LogP contribution in [0.4, 0.5) is 0 Å². The van der Waals surface area contributed by atoms with Crippen LogP contribution in [0.3, 0.4) is 0 Å². The summed E-state index contributed by atoms with van der Waals surface area (Å²) in [5, 5.41) is 0. The van der Waals surface area contributed by atoms with E-state index in [1.165, 1.54) is 32.1 Å². The zero-order valence-corrected chi connectivity index (χ0v) is 12.2. The molecule has 0 radical (unpaired) electrons. The Morgan fingerprint density at radius 2 is 1.31 bits per heavy atom. The molecule has 0 heterocycles. The SMILES string of the molecule is CC(C)(C)C1(C(C)(C)C)CC2CCCCC21. The molecule has 0 heteroatoms. The number of rotatable bonds is 0. The molecule has 2 rings (SSSR count). The van der Waals surface area contributed by atoms with Gasteiger partial charge in [0.15, 0.2) is 0 Å². The molecule has 0 aromatic carbocycles. The molecule has 0 spiro atoms. The van der Waals surface area contributed by atoms with E-state index >= 15 is 0 Å². The molecule has 0 saturated heterocycles. The second-order valence-electron chi connectivity index (χ2n) is 8.33. The maximum Gasteiger partial charge on any atom is -0.0167 e. The van der Waals surface area contributed by atoms with Crippen molar-refractivity contribution in [3.05, 3.63) is 0 Å². The molecule has 2 aliphatic rings. The highest BCUT2D eigenvalue weighted by Gasteiger charge is 2.64. The van der Waals surface area contributed by atoms with Gasteiger partial charge in [-0.2, -0.15) is 0 Å². The Labute approximate surface area is 102 Å². The van der Waals surface area contributed by atoms with Gasteiger partial charge in [0.1, 0.15) is 0 Å². The fourth-order valence-corrected chi connectivity index (χ4v) is 5.35. The first-order valence-electron chi connectivity index (χ1n) is 7.20. The maximum absolute atomic E-state index is 2.48. The summed E-state index contributed by atoms with van der Waals surface area (Å²) in [5.74, 6) is 2.08. The summed E-state index contributed by atoms with van der Waals surface area (Å²) < 4.78 is 0. The predicted octanol–water partition coefficient (Wildman–Crippen LogP) is 5.28. The quantitative estimate of drug-likeness (QED) is 0.523. The smallest absolute Gasteiger partial charge is 0.0167 e. The van der Waals surface area contributed by atoms with Crippen molar-refractivity contribution in [1.82, 2.24) is 0 Å². The molecule has 2 atom stereocenters.